The number of hydrogen-bond acceptors (Lipinski definition) is 2. The molecule has 4 rings (SSSR count). The maximum atomic E-state index is 13.3. The van der Waals surface area contributed by atoms with Gasteiger partial charge in [0.2, 0.25) is 0 Å². The predicted molar refractivity (Wildman–Crippen MR) is 103 cm³/mol. The number of anilines is 1. The zero-order valence-corrected chi connectivity index (χ0v) is 15.3. The van der Waals surface area contributed by atoms with Crippen molar-refractivity contribution in [3.63, 3.8) is 0 Å². The van der Waals surface area contributed by atoms with E-state index in [1.165, 1.54) is 11.1 Å². The van der Waals surface area contributed by atoms with Crippen molar-refractivity contribution in [2.75, 3.05) is 4.90 Å². The van der Waals surface area contributed by atoms with E-state index in [4.69, 9.17) is 4.99 Å². The van der Waals surface area contributed by atoms with E-state index >= 15 is 0 Å². The first-order valence-corrected chi connectivity index (χ1v) is 9.08. The van der Waals surface area contributed by atoms with Crippen LogP contribution in [0.4, 0.5) is 11.4 Å². The zero-order chi connectivity index (χ0) is 17.8. The number of aryl methyl sites for hydroxylation is 1. The Bertz CT molecular complexity index is 880. The molecule has 1 unspecified atom stereocenters. The van der Waals surface area contributed by atoms with E-state index in [2.05, 4.69) is 39.8 Å². The minimum Gasteiger partial charge on any atom is -0.300 e. The minimum atomic E-state index is -0.195. The van der Waals surface area contributed by atoms with Crippen molar-refractivity contribution in [1.82, 2.24) is 0 Å². The lowest BCUT2D eigenvalue weighted by Gasteiger charge is -2.43. The molecule has 0 radical (unpaired) electrons. The number of para-hydroxylation sites is 1. The van der Waals surface area contributed by atoms with Gasteiger partial charge in [0.25, 0.3) is 5.91 Å². The number of amides is 1. The first kappa shape index (κ1) is 16.1. The highest BCUT2D eigenvalue weighted by Crippen LogP contribution is 2.49. The molecule has 1 atom stereocenters. The normalized spacial score (nSPS) is 22.4. The highest BCUT2D eigenvalue weighted by atomic mass is 16.2. The molecule has 25 heavy (non-hydrogen) atoms. The molecular weight excluding hydrogens is 308 g/mol. The van der Waals surface area contributed by atoms with E-state index in [0.717, 1.165) is 29.8 Å². The third kappa shape index (κ3) is 2.41. The molecule has 1 amide bonds. The number of hydrogen-bond donors (Lipinski definition) is 0. The van der Waals surface area contributed by atoms with Gasteiger partial charge in [0.05, 0.1) is 11.4 Å². The van der Waals surface area contributed by atoms with Crippen molar-refractivity contribution in [2.45, 2.75) is 52.0 Å². The van der Waals surface area contributed by atoms with Crippen molar-refractivity contribution in [3.8, 4) is 0 Å². The van der Waals surface area contributed by atoms with Crippen LogP contribution in [0.1, 0.15) is 56.7 Å². The van der Waals surface area contributed by atoms with Gasteiger partial charge < -0.3 is 4.90 Å². The number of carbonyl (C=O) groups is 1. The Hall–Kier alpha value is -2.42. The third-order valence-electron chi connectivity index (χ3n) is 5.43. The Morgan fingerprint density at radius 2 is 1.92 bits per heavy atom. The molecule has 2 heterocycles. The smallest absolute Gasteiger partial charge is 0.278 e. The number of aliphatic imine (C=N–C) groups is 1. The second kappa shape index (κ2) is 5.55. The standard InChI is InChI=1S/C22H24N2O/c1-5-15-11-17-14(2)13-22(3,4)24-20(17)18(12-15)19(21(24)25)23-16-9-7-6-8-10-16/h6-12,14H,5,13H2,1-4H3. The third-order valence-corrected chi connectivity index (χ3v) is 5.43. The van der Waals surface area contributed by atoms with Crippen LogP contribution in [0.2, 0.25) is 0 Å². The van der Waals surface area contributed by atoms with Gasteiger partial charge in [0, 0.05) is 11.1 Å². The minimum absolute atomic E-state index is 0.0326. The molecule has 3 nitrogen and oxygen atoms in total. The molecule has 0 aliphatic carbocycles. The lowest BCUT2D eigenvalue weighted by Crippen LogP contribution is -2.50. The van der Waals surface area contributed by atoms with E-state index in [1.54, 1.807) is 0 Å². The summed E-state index contributed by atoms with van der Waals surface area (Å²) in [4.78, 5) is 20.0. The summed E-state index contributed by atoms with van der Waals surface area (Å²) in [5, 5.41) is 0. The van der Waals surface area contributed by atoms with Crippen molar-refractivity contribution >= 4 is 23.0 Å². The van der Waals surface area contributed by atoms with Crippen molar-refractivity contribution < 1.29 is 4.79 Å². The van der Waals surface area contributed by atoms with Crippen LogP contribution >= 0.6 is 0 Å². The van der Waals surface area contributed by atoms with Gasteiger partial charge in [-0.1, -0.05) is 38.1 Å². The quantitative estimate of drug-likeness (QED) is 0.761. The van der Waals surface area contributed by atoms with Crippen LogP contribution in [0.3, 0.4) is 0 Å². The Morgan fingerprint density at radius 3 is 2.60 bits per heavy atom. The molecule has 0 saturated carbocycles. The summed E-state index contributed by atoms with van der Waals surface area (Å²) >= 11 is 0. The second-order valence-electron chi connectivity index (χ2n) is 7.79. The second-order valence-corrected chi connectivity index (χ2v) is 7.79. The lowest BCUT2D eigenvalue weighted by atomic mass is 9.79. The molecular formula is C22H24N2O. The van der Waals surface area contributed by atoms with E-state index < -0.39 is 0 Å². The van der Waals surface area contributed by atoms with Gasteiger partial charge in [-0.05, 0) is 61.9 Å². The SMILES string of the molecule is CCc1cc2c3c(c1)C(C)CC(C)(C)N3C(=O)C2=Nc1ccccc1. The summed E-state index contributed by atoms with van der Waals surface area (Å²) in [6, 6.07) is 14.2. The lowest BCUT2D eigenvalue weighted by molar-refractivity contribution is -0.113. The fraction of sp³-hybridized carbons (Fsp3) is 0.364. The van der Waals surface area contributed by atoms with Gasteiger partial charge >= 0.3 is 0 Å². The summed E-state index contributed by atoms with van der Waals surface area (Å²) in [5.41, 5.74) is 5.87. The summed E-state index contributed by atoms with van der Waals surface area (Å²) in [7, 11) is 0. The Balaban J connectivity index is 1.98. The van der Waals surface area contributed by atoms with E-state index in [1.807, 2.05) is 35.2 Å². The average molecular weight is 332 g/mol. The van der Waals surface area contributed by atoms with Gasteiger partial charge in [0.15, 0.2) is 0 Å². The van der Waals surface area contributed by atoms with Gasteiger partial charge in [-0.25, -0.2) is 4.99 Å². The number of benzene rings is 2. The molecule has 0 saturated heterocycles. The number of nitrogens with zero attached hydrogens (tertiary/aromatic N) is 2. The van der Waals surface area contributed by atoms with Crippen molar-refractivity contribution in [3.05, 3.63) is 59.2 Å². The van der Waals surface area contributed by atoms with Crippen molar-refractivity contribution in [1.29, 1.82) is 0 Å². The fourth-order valence-corrected chi connectivity index (χ4v) is 4.32. The molecule has 0 N–H and O–H groups in total. The topological polar surface area (TPSA) is 32.7 Å². The van der Waals surface area contributed by atoms with Gasteiger partial charge in [-0.2, -0.15) is 0 Å². The molecule has 3 heteroatoms. The van der Waals surface area contributed by atoms with E-state index in [-0.39, 0.29) is 11.4 Å². The Labute approximate surface area is 149 Å². The maximum Gasteiger partial charge on any atom is 0.278 e. The maximum absolute atomic E-state index is 13.3. The van der Waals surface area contributed by atoms with E-state index in [0.29, 0.717) is 11.6 Å². The monoisotopic (exact) mass is 332 g/mol. The molecule has 2 aliphatic heterocycles. The van der Waals surface area contributed by atoms with E-state index in [9.17, 15) is 4.79 Å². The number of rotatable bonds is 2. The predicted octanol–water partition coefficient (Wildman–Crippen LogP) is 5.00. The van der Waals surface area contributed by atoms with Crippen LogP contribution in [-0.4, -0.2) is 17.2 Å². The first-order valence-electron chi connectivity index (χ1n) is 9.08. The van der Waals surface area contributed by atoms with Crippen LogP contribution in [0.25, 0.3) is 0 Å². The zero-order valence-electron chi connectivity index (χ0n) is 15.3. The molecule has 128 valence electrons. The molecule has 2 aromatic carbocycles. The van der Waals surface area contributed by atoms with Crippen LogP contribution in [0.5, 0.6) is 0 Å². The summed E-state index contributed by atoms with van der Waals surface area (Å²) in [6.07, 6.45) is 1.93. The fourth-order valence-electron chi connectivity index (χ4n) is 4.32. The van der Waals surface area contributed by atoms with Crippen LogP contribution in [0.15, 0.2) is 47.5 Å². The summed E-state index contributed by atoms with van der Waals surface area (Å²) in [5.74, 6) is 0.473. The highest BCUT2D eigenvalue weighted by molar-refractivity contribution is 6.55. The van der Waals surface area contributed by atoms with Gasteiger partial charge in [-0.3, -0.25) is 4.79 Å². The molecule has 2 aromatic rings. The first-order chi connectivity index (χ1) is 11.9. The molecule has 0 fully saturated rings. The highest BCUT2D eigenvalue weighted by Gasteiger charge is 2.48. The molecule has 0 bridgehead atoms. The Morgan fingerprint density at radius 1 is 1.20 bits per heavy atom. The van der Waals surface area contributed by atoms with Gasteiger partial charge in [0.1, 0.15) is 5.71 Å². The van der Waals surface area contributed by atoms with Crippen LogP contribution in [-0.2, 0) is 11.2 Å². The molecule has 0 spiro atoms. The molecule has 2 aliphatic rings. The largest absolute Gasteiger partial charge is 0.300 e. The number of carbonyl (C=O) groups excluding carboxylic acids is 1. The van der Waals surface area contributed by atoms with Gasteiger partial charge in [-0.15, -0.1) is 0 Å². The van der Waals surface area contributed by atoms with Crippen molar-refractivity contribution in [2.24, 2.45) is 4.99 Å². The average Bonchev–Trinajstić information content (AvgIpc) is 2.86. The summed E-state index contributed by atoms with van der Waals surface area (Å²) < 4.78 is 0. The van der Waals surface area contributed by atoms with Crippen LogP contribution in [0, 0.1) is 0 Å². The van der Waals surface area contributed by atoms with Crippen LogP contribution < -0.4 is 4.90 Å². The Kier molecular flexibility index (Phi) is 3.57. The summed E-state index contributed by atoms with van der Waals surface area (Å²) in [6.45, 7) is 8.75. The molecule has 0 aromatic heterocycles.